The lowest BCUT2D eigenvalue weighted by molar-refractivity contribution is 0.163. The molecule has 3 rings (SSSR count). The molecule has 0 amide bonds. The van der Waals surface area contributed by atoms with E-state index < -0.39 is 0 Å². The van der Waals surface area contributed by atoms with E-state index in [1.54, 1.807) is 64.2 Å². The summed E-state index contributed by atoms with van der Waals surface area (Å²) in [5, 5.41) is 0. The van der Waals surface area contributed by atoms with Gasteiger partial charge in [0.25, 0.3) is 0 Å². The Labute approximate surface area is 182 Å². The molecule has 0 aromatic carbocycles. The van der Waals surface area contributed by atoms with Crippen LogP contribution in [-0.4, -0.2) is 0 Å². The van der Waals surface area contributed by atoms with E-state index in [2.05, 4.69) is 13.8 Å². The van der Waals surface area contributed by atoms with Crippen molar-refractivity contribution in [2.24, 2.45) is 35.5 Å². The largest absolute Gasteiger partial charge is 0.0776 e. The first kappa shape index (κ1) is 30.2. The maximum atomic E-state index is 2.39. The van der Waals surface area contributed by atoms with Crippen molar-refractivity contribution in [1.82, 2.24) is 0 Å². The Morgan fingerprint density at radius 2 is 0.536 bits per heavy atom. The molecule has 28 heavy (non-hydrogen) atoms. The molecule has 3 saturated carbocycles. The lowest BCUT2D eigenvalue weighted by Gasteiger charge is -2.36. The normalized spacial score (nSPS) is 35.4. The van der Waals surface area contributed by atoms with Gasteiger partial charge in [0.1, 0.15) is 0 Å². The molecule has 0 bridgehead atoms. The van der Waals surface area contributed by atoms with Gasteiger partial charge in [-0.25, -0.2) is 0 Å². The maximum absolute atomic E-state index is 2.39. The van der Waals surface area contributed by atoms with Gasteiger partial charge in [-0.05, 0) is 48.3 Å². The van der Waals surface area contributed by atoms with E-state index in [0.717, 1.165) is 35.5 Å². The van der Waals surface area contributed by atoms with E-state index in [4.69, 9.17) is 0 Å². The maximum Gasteiger partial charge on any atom is -0.0411 e. The zero-order valence-corrected chi connectivity index (χ0v) is 16.8. The van der Waals surface area contributed by atoms with E-state index in [9.17, 15) is 0 Å². The molecule has 0 aromatic heterocycles. The summed E-state index contributed by atoms with van der Waals surface area (Å²) in [7, 11) is 0. The van der Waals surface area contributed by atoms with Gasteiger partial charge in [0.2, 0.25) is 0 Å². The van der Waals surface area contributed by atoms with E-state index >= 15 is 0 Å². The zero-order valence-electron chi connectivity index (χ0n) is 16.8. The summed E-state index contributed by atoms with van der Waals surface area (Å²) in [6, 6.07) is 0. The molecule has 0 aromatic rings. The number of rotatable bonds is 6. The standard InChI is InChI=1S/C24H44.4CH4/c1-3-19-5-9-21(10-6-19)17-23-13-15-24(16-14-23)18-22-11-7-20(4-2)8-12-22;;;;/h19-24H,3-18H2,1-2H3;4*1H4. The van der Waals surface area contributed by atoms with Crippen LogP contribution in [0.15, 0.2) is 0 Å². The van der Waals surface area contributed by atoms with Crippen molar-refractivity contribution in [3.63, 3.8) is 0 Å². The van der Waals surface area contributed by atoms with Gasteiger partial charge in [0.05, 0.1) is 0 Å². The molecule has 0 aliphatic heterocycles. The molecule has 0 N–H and O–H groups in total. The second-order valence-corrected chi connectivity index (χ2v) is 9.95. The Kier molecular flexibility index (Phi) is 17.0. The SMILES string of the molecule is C.C.C.C.CCC1CCC(CC2CCC(CC3CCC(CC)CC3)CC2)CC1. The van der Waals surface area contributed by atoms with Gasteiger partial charge in [-0.1, -0.05) is 133 Å². The summed E-state index contributed by atoms with van der Waals surface area (Å²) in [6.07, 6.45) is 24.7. The lowest BCUT2D eigenvalue weighted by Crippen LogP contribution is -2.23. The number of hydrogen-bond acceptors (Lipinski definition) is 0. The van der Waals surface area contributed by atoms with Crippen molar-refractivity contribution in [3.8, 4) is 0 Å². The van der Waals surface area contributed by atoms with Crippen LogP contribution >= 0.6 is 0 Å². The average molecular weight is 397 g/mol. The Morgan fingerprint density at radius 1 is 0.357 bits per heavy atom. The monoisotopic (exact) mass is 396 g/mol. The second-order valence-electron chi connectivity index (χ2n) is 9.95. The van der Waals surface area contributed by atoms with Crippen LogP contribution in [0, 0.1) is 35.5 Å². The molecule has 0 atom stereocenters. The van der Waals surface area contributed by atoms with Crippen LogP contribution in [0.1, 0.15) is 146 Å². The highest BCUT2D eigenvalue weighted by atomic mass is 14.3. The minimum Gasteiger partial charge on any atom is -0.0776 e. The molecule has 0 nitrogen and oxygen atoms in total. The Balaban J connectivity index is 0. The lowest BCUT2D eigenvalue weighted by atomic mass is 9.70. The van der Waals surface area contributed by atoms with Gasteiger partial charge in [-0.15, -0.1) is 0 Å². The quantitative estimate of drug-likeness (QED) is 0.418. The topological polar surface area (TPSA) is 0 Å². The van der Waals surface area contributed by atoms with Gasteiger partial charge in [-0.3, -0.25) is 0 Å². The van der Waals surface area contributed by atoms with Crippen molar-refractivity contribution < 1.29 is 0 Å². The number of hydrogen-bond donors (Lipinski definition) is 0. The first-order valence-electron chi connectivity index (χ1n) is 11.8. The van der Waals surface area contributed by atoms with Crippen molar-refractivity contribution in [1.29, 1.82) is 0 Å². The predicted molar refractivity (Wildman–Crippen MR) is 133 cm³/mol. The summed E-state index contributed by atoms with van der Waals surface area (Å²) in [5.41, 5.74) is 0. The van der Waals surface area contributed by atoms with Crippen LogP contribution in [0.25, 0.3) is 0 Å². The predicted octanol–water partition coefficient (Wildman–Crippen LogP) is 10.6. The van der Waals surface area contributed by atoms with E-state index in [1.165, 1.54) is 38.5 Å². The molecule has 0 heteroatoms. The van der Waals surface area contributed by atoms with E-state index in [0.29, 0.717) is 0 Å². The highest BCUT2D eigenvalue weighted by molar-refractivity contribution is 4.81. The third kappa shape index (κ3) is 9.21. The fourth-order valence-electron chi connectivity index (χ4n) is 6.40. The summed E-state index contributed by atoms with van der Waals surface area (Å²) >= 11 is 0. The van der Waals surface area contributed by atoms with Crippen molar-refractivity contribution >= 4 is 0 Å². The van der Waals surface area contributed by atoms with Crippen molar-refractivity contribution in [3.05, 3.63) is 0 Å². The fraction of sp³-hybridized carbons (Fsp3) is 1.00. The van der Waals surface area contributed by atoms with Crippen LogP contribution in [0.4, 0.5) is 0 Å². The van der Waals surface area contributed by atoms with E-state index in [-0.39, 0.29) is 29.7 Å². The van der Waals surface area contributed by atoms with Crippen LogP contribution in [-0.2, 0) is 0 Å². The average Bonchev–Trinajstić information content (AvgIpc) is 2.65. The summed E-state index contributed by atoms with van der Waals surface area (Å²) in [6.45, 7) is 4.78. The van der Waals surface area contributed by atoms with Gasteiger partial charge < -0.3 is 0 Å². The van der Waals surface area contributed by atoms with Gasteiger partial charge in [0.15, 0.2) is 0 Å². The fourth-order valence-corrected chi connectivity index (χ4v) is 6.40. The molecule has 0 unspecified atom stereocenters. The molecular formula is C28H60. The third-order valence-corrected chi connectivity index (χ3v) is 8.39. The van der Waals surface area contributed by atoms with Crippen molar-refractivity contribution in [2.75, 3.05) is 0 Å². The van der Waals surface area contributed by atoms with Crippen molar-refractivity contribution in [2.45, 2.75) is 146 Å². The Bertz CT molecular complexity index is 288. The van der Waals surface area contributed by atoms with Gasteiger partial charge in [0, 0.05) is 0 Å². The van der Waals surface area contributed by atoms with Crippen LogP contribution in [0.3, 0.4) is 0 Å². The van der Waals surface area contributed by atoms with E-state index in [1.807, 2.05) is 0 Å². The highest BCUT2D eigenvalue weighted by Crippen LogP contribution is 2.42. The molecule has 0 heterocycles. The summed E-state index contributed by atoms with van der Waals surface area (Å²) < 4.78 is 0. The minimum atomic E-state index is 0. The Hall–Kier alpha value is 0. The van der Waals surface area contributed by atoms with Gasteiger partial charge >= 0.3 is 0 Å². The third-order valence-electron chi connectivity index (χ3n) is 8.39. The molecule has 3 aliphatic rings. The molecule has 0 saturated heterocycles. The van der Waals surface area contributed by atoms with Gasteiger partial charge in [-0.2, -0.15) is 0 Å². The Morgan fingerprint density at radius 3 is 0.714 bits per heavy atom. The van der Waals surface area contributed by atoms with Crippen LogP contribution in [0.5, 0.6) is 0 Å². The highest BCUT2D eigenvalue weighted by Gasteiger charge is 2.28. The van der Waals surface area contributed by atoms with Crippen LogP contribution in [0.2, 0.25) is 0 Å². The zero-order chi connectivity index (χ0) is 16.8. The first-order chi connectivity index (χ1) is 11.8. The molecular weight excluding hydrogens is 336 g/mol. The minimum absolute atomic E-state index is 0. The van der Waals surface area contributed by atoms with Crippen LogP contribution < -0.4 is 0 Å². The molecule has 0 spiro atoms. The molecule has 0 radical (unpaired) electrons. The second kappa shape index (κ2) is 15.8. The molecule has 3 aliphatic carbocycles. The molecule has 172 valence electrons. The molecule has 3 fully saturated rings. The smallest absolute Gasteiger partial charge is 0.0411 e. The summed E-state index contributed by atoms with van der Waals surface area (Å²) in [5.74, 6) is 6.53. The first-order valence-corrected chi connectivity index (χ1v) is 11.8. The summed E-state index contributed by atoms with van der Waals surface area (Å²) in [4.78, 5) is 0.